The fourth-order valence-electron chi connectivity index (χ4n) is 2.35. The molecule has 0 aliphatic rings. The van der Waals surface area contributed by atoms with Crippen molar-refractivity contribution in [3.8, 4) is 23.3 Å². The number of carbonyl (C=O) groups is 1. The molecule has 27 heavy (non-hydrogen) atoms. The third-order valence-electron chi connectivity index (χ3n) is 3.55. The van der Waals surface area contributed by atoms with Crippen molar-refractivity contribution in [3.05, 3.63) is 42.7 Å². The van der Waals surface area contributed by atoms with Crippen molar-refractivity contribution in [2.45, 2.75) is 13.8 Å². The Labute approximate surface area is 157 Å². The van der Waals surface area contributed by atoms with Crippen LogP contribution in [0.4, 0.5) is 5.69 Å². The lowest BCUT2D eigenvalue weighted by Gasteiger charge is -2.07. The highest BCUT2D eigenvalue weighted by atomic mass is 16.5. The largest absolute Gasteiger partial charge is 0.462 e. The summed E-state index contributed by atoms with van der Waals surface area (Å²) in [5.41, 5.74) is 1.43. The number of aromatic nitrogens is 3. The first-order valence-electron chi connectivity index (χ1n) is 8.59. The number of amides is 1. The van der Waals surface area contributed by atoms with E-state index in [2.05, 4.69) is 29.2 Å². The molecule has 3 rings (SSSR count). The molecule has 0 saturated heterocycles. The Morgan fingerprint density at radius 3 is 2.67 bits per heavy atom. The second-order valence-electron chi connectivity index (χ2n) is 6.34. The van der Waals surface area contributed by atoms with Gasteiger partial charge in [0.05, 0.1) is 18.6 Å². The predicted molar refractivity (Wildman–Crippen MR) is 99.9 cm³/mol. The summed E-state index contributed by atoms with van der Waals surface area (Å²) in [6.45, 7) is 4.64. The number of nitrogens with zero attached hydrogens (tertiary/aromatic N) is 3. The number of furan rings is 1. The van der Waals surface area contributed by atoms with Crippen molar-refractivity contribution in [1.82, 2.24) is 14.8 Å². The van der Waals surface area contributed by atoms with Gasteiger partial charge in [-0.05, 0) is 42.3 Å². The van der Waals surface area contributed by atoms with Crippen LogP contribution in [-0.2, 0) is 9.53 Å². The Balaban J connectivity index is 1.87. The van der Waals surface area contributed by atoms with Crippen LogP contribution in [0.2, 0.25) is 0 Å². The second-order valence-corrected chi connectivity index (χ2v) is 6.34. The number of rotatable bonds is 8. The Bertz CT molecular complexity index is 870. The molecule has 0 bridgehead atoms. The normalized spacial score (nSPS) is 11.0. The smallest absolute Gasteiger partial charge is 0.336 e. The van der Waals surface area contributed by atoms with Gasteiger partial charge >= 0.3 is 6.01 Å². The van der Waals surface area contributed by atoms with Crippen molar-refractivity contribution in [3.63, 3.8) is 0 Å². The maximum absolute atomic E-state index is 11.6. The minimum Gasteiger partial charge on any atom is -0.462 e. The highest BCUT2D eigenvalue weighted by Gasteiger charge is 2.17. The van der Waals surface area contributed by atoms with Crippen molar-refractivity contribution >= 4 is 11.6 Å². The number of hydrogen-bond donors (Lipinski definition) is 1. The molecule has 8 nitrogen and oxygen atoms in total. The molecule has 0 fully saturated rings. The van der Waals surface area contributed by atoms with E-state index in [1.165, 1.54) is 7.11 Å². The number of hydrogen-bond acceptors (Lipinski definition) is 6. The number of methoxy groups -OCH3 is 1. The van der Waals surface area contributed by atoms with E-state index in [1.54, 1.807) is 29.1 Å². The maximum atomic E-state index is 11.6. The van der Waals surface area contributed by atoms with Gasteiger partial charge in [0.15, 0.2) is 5.76 Å². The highest BCUT2D eigenvalue weighted by Crippen LogP contribution is 2.25. The van der Waals surface area contributed by atoms with Gasteiger partial charge in [-0.25, -0.2) is 4.68 Å². The molecule has 0 aliphatic carbocycles. The molecule has 1 N–H and O–H groups in total. The molecule has 0 atom stereocenters. The molecule has 1 aromatic carbocycles. The van der Waals surface area contributed by atoms with Gasteiger partial charge in [0.25, 0.3) is 0 Å². The fraction of sp³-hybridized carbons (Fsp3) is 0.316. The van der Waals surface area contributed by atoms with Crippen LogP contribution in [-0.4, -0.2) is 41.0 Å². The summed E-state index contributed by atoms with van der Waals surface area (Å²) in [5.74, 6) is 1.26. The van der Waals surface area contributed by atoms with Gasteiger partial charge < -0.3 is 19.2 Å². The van der Waals surface area contributed by atoms with Crippen LogP contribution in [0.1, 0.15) is 13.8 Å². The minimum atomic E-state index is -0.216. The second kappa shape index (κ2) is 8.50. The summed E-state index contributed by atoms with van der Waals surface area (Å²) < 4.78 is 17.6. The maximum Gasteiger partial charge on any atom is 0.336 e. The van der Waals surface area contributed by atoms with E-state index in [1.807, 2.05) is 18.2 Å². The van der Waals surface area contributed by atoms with Crippen LogP contribution in [0.5, 0.6) is 6.01 Å². The fourth-order valence-corrected chi connectivity index (χ4v) is 2.35. The van der Waals surface area contributed by atoms with E-state index in [0.717, 1.165) is 5.69 Å². The van der Waals surface area contributed by atoms with Gasteiger partial charge in [-0.2, -0.15) is 4.98 Å². The molecular formula is C19H22N4O4. The van der Waals surface area contributed by atoms with E-state index in [9.17, 15) is 4.79 Å². The van der Waals surface area contributed by atoms with Gasteiger partial charge in [-0.1, -0.05) is 13.8 Å². The Kier molecular flexibility index (Phi) is 5.87. The molecule has 3 aromatic rings. The highest BCUT2D eigenvalue weighted by molar-refractivity contribution is 5.91. The average molecular weight is 370 g/mol. The van der Waals surface area contributed by atoms with Crippen LogP contribution in [0.25, 0.3) is 17.3 Å². The van der Waals surface area contributed by atoms with Gasteiger partial charge in [0.1, 0.15) is 6.61 Å². The van der Waals surface area contributed by atoms with Crippen LogP contribution in [0.3, 0.4) is 0 Å². The molecule has 2 aromatic heterocycles. The molecule has 0 radical (unpaired) electrons. The van der Waals surface area contributed by atoms with E-state index < -0.39 is 0 Å². The van der Waals surface area contributed by atoms with Crippen LogP contribution >= 0.6 is 0 Å². The monoisotopic (exact) mass is 370 g/mol. The Hall–Kier alpha value is -3.13. The van der Waals surface area contributed by atoms with E-state index >= 15 is 0 Å². The van der Waals surface area contributed by atoms with Crippen LogP contribution in [0.15, 0.2) is 47.1 Å². The zero-order valence-electron chi connectivity index (χ0n) is 15.5. The zero-order valence-corrected chi connectivity index (χ0v) is 15.5. The third-order valence-corrected chi connectivity index (χ3v) is 3.55. The molecule has 0 saturated carbocycles. The van der Waals surface area contributed by atoms with Gasteiger partial charge in [0.2, 0.25) is 11.7 Å². The summed E-state index contributed by atoms with van der Waals surface area (Å²) in [7, 11) is 1.47. The van der Waals surface area contributed by atoms with Crippen molar-refractivity contribution < 1.29 is 18.7 Å². The molecular weight excluding hydrogens is 348 g/mol. The SMILES string of the molecule is COCC(=O)Nc1ccc(-n2nc(OCC(C)C)nc2-c2ccco2)cc1. The molecule has 8 heteroatoms. The summed E-state index contributed by atoms with van der Waals surface area (Å²) in [6.07, 6.45) is 1.58. The lowest BCUT2D eigenvalue weighted by atomic mass is 10.2. The van der Waals surface area contributed by atoms with Crippen molar-refractivity contribution in [1.29, 1.82) is 0 Å². The Morgan fingerprint density at radius 2 is 2.04 bits per heavy atom. The van der Waals surface area contributed by atoms with Gasteiger partial charge in [-0.15, -0.1) is 5.10 Å². The van der Waals surface area contributed by atoms with Crippen LogP contribution in [0, 0.1) is 5.92 Å². The number of benzene rings is 1. The first-order chi connectivity index (χ1) is 13.1. The Morgan fingerprint density at radius 1 is 1.26 bits per heavy atom. The first kappa shape index (κ1) is 18.7. The number of anilines is 1. The lowest BCUT2D eigenvalue weighted by Crippen LogP contribution is -2.17. The molecule has 142 valence electrons. The quantitative estimate of drug-likeness (QED) is 0.655. The molecule has 0 spiro atoms. The van der Waals surface area contributed by atoms with Crippen LogP contribution < -0.4 is 10.1 Å². The lowest BCUT2D eigenvalue weighted by molar-refractivity contribution is -0.119. The third kappa shape index (κ3) is 4.73. The van der Waals surface area contributed by atoms with Crippen molar-refractivity contribution in [2.75, 3.05) is 25.6 Å². The van der Waals surface area contributed by atoms with E-state index in [-0.39, 0.29) is 18.5 Å². The molecule has 0 aliphatic heterocycles. The van der Waals surface area contributed by atoms with Gasteiger partial charge in [0, 0.05) is 12.8 Å². The van der Waals surface area contributed by atoms with E-state index in [4.69, 9.17) is 13.9 Å². The predicted octanol–water partition coefficient (Wildman–Crippen LogP) is 3.15. The number of nitrogens with one attached hydrogen (secondary N) is 1. The van der Waals surface area contributed by atoms with Gasteiger partial charge in [-0.3, -0.25) is 4.79 Å². The van der Waals surface area contributed by atoms with Crippen molar-refractivity contribution in [2.24, 2.45) is 5.92 Å². The average Bonchev–Trinajstić information content (AvgIpc) is 3.30. The summed E-state index contributed by atoms with van der Waals surface area (Å²) in [6, 6.07) is 11.1. The number of ether oxygens (including phenoxy) is 2. The minimum absolute atomic E-state index is 0.00399. The molecule has 0 unspecified atom stereocenters. The molecule has 2 heterocycles. The summed E-state index contributed by atoms with van der Waals surface area (Å²) in [5, 5.41) is 7.19. The first-order valence-corrected chi connectivity index (χ1v) is 8.59. The summed E-state index contributed by atoms with van der Waals surface area (Å²) >= 11 is 0. The van der Waals surface area contributed by atoms with E-state index in [0.29, 0.717) is 29.8 Å². The number of carbonyl (C=O) groups excluding carboxylic acids is 1. The molecule has 1 amide bonds. The zero-order chi connectivity index (χ0) is 19.2. The standard InChI is InChI=1S/C19H22N4O4/c1-13(2)11-27-19-21-18(16-5-4-10-26-16)23(22-19)15-8-6-14(7-9-15)20-17(24)12-25-3/h4-10,13H,11-12H2,1-3H3,(H,20,24). The summed E-state index contributed by atoms with van der Waals surface area (Å²) in [4.78, 5) is 16.1. The topological polar surface area (TPSA) is 91.4 Å².